The number of carbonyl (C=O) groups excluding carboxylic acids is 1. The van der Waals surface area contributed by atoms with Gasteiger partial charge in [-0.25, -0.2) is 0 Å². The van der Waals surface area contributed by atoms with E-state index in [2.05, 4.69) is 5.32 Å². The average molecular weight is 250 g/mol. The Morgan fingerprint density at radius 2 is 2.17 bits per heavy atom. The zero-order valence-electron chi connectivity index (χ0n) is 9.92. The first-order valence-corrected chi connectivity index (χ1v) is 5.72. The fourth-order valence-electron chi connectivity index (χ4n) is 2.04. The van der Waals surface area contributed by atoms with Crippen molar-refractivity contribution in [1.82, 2.24) is 5.32 Å². The summed E-state index contributed by atoms with van der Waals surface area (Å²) in [4.78, 5) is 22.2. The molecule has 1 aromatic rings. The first-order chi connectivity index (χ1) is 8.49. The molecule has 0 unspecified atom stereocenters. The van der Waals surface area contributed by atoms with E-state index in [4.69, 9.17) is 5.11 Å². The van der Waals surface area contributed by atoms with Gasteiger partial charge in [0.15, 0.2) is 0 Å². The summed E-state index contributed by atoms with van der Waals surface area (Å²) >= 11 is 0. The number of nitrogens with zero attached hydrogens (tertiary/aromatic N) is 1. The number of hydrogen-bond acceptors (Lipinski definition) is 4. The number of rotatable bonds is 3. The number of aliphatic hydroxyl groups is 1. The standard InChI is InChI=1S/C12H14N2O4/c1-7-10(3-2-4-11(7)14(17)18)12(16)13-8-5-9(15)6-8/h2-4,8-9,15H,5-6H2,1H3,(H,13,16). The molecule has 2 rings (SSSR count). The Labute approximate surface area is 104 Å². The van der Waals surface area contributed by atoms with E-state index in [-0.39, 0.29) is 23.7 Å². The van der Waals surface area contributed by atoms with Crippen LogP contribution in [0.4, 0.5) is 5.69 Å². The molecule has 0 atom stereocenters. The van der Waals surface area contributed by atoms with E-state index in [1.807, 2.05) is 0 Å². The highest BCUT2D eigenvalue weighted by molar-refractivity contribution is 5.96. The molecule has 1 fully saturated rings. The van der Waals surface area contributed by atoms with Gasteiger partial charge in [0.05, 0.1) is 11.0 Å². The molecule has 0 aliphatic heterocycles. The molecular formula is C12H14N2O4. The second-order valence-electron chi connectivity index (χ2n) is 4.50. The molecule has 2 N–H and O–H groups in total. The predicted molar refractivity (Wildman–Crippen MR) is 64.3 cm³/mol. The lowest BCUT2D eigenvalue weighted by Crippen LogP contribution is -2.46. The molecule has 6 nitrogen and oxygen atoms in total. The highest BCUT2D eigenvalue weighted by Crippen LogP contribution is 2.23. The van der Waals surface area contributed by atoms with Crippen LogP contribution in [0.2, 0.25) is 0 Å². The van der Waals surface area contributed by atoms with Gasteiger partial charge in [-0.3, -0.25) is 14.9 Å². The van der Waals surface area contributed by atoms with Crippen LogP contribution < -0.4 is 5.32 Å². The van der Waals surface area contributed by atoms with Crippen LogP contribution in [-0.2, 0) is 0 Å². The lowest BCUT2D eigenvalue weighted by molar-refractivity contribution is -0.385. The van der Waals surface area contributed by atoms with Crippen LogP contribution >= 0.6 is 0 Å². The van der Waals surface area contributed by atoms with E-state index >= 15 is 0 Å². The third kappa shape index (κ3) is 2.33. The van der Waals surface area contributed by atoms with E-state index in [0.717, 1.165) is 0 Å². The number of carbonyl (C=O) groups is 1. The van der Waals surface area contributed by atoms with Crippen molar-refractivity contribution in [3.05, 3.63) is 39.4 Å². The van der Waals surface area contributed by atoms with Crippen LogP contribution in [0.25, 0.3) is 0 Å². The Bertz CT molecular complexity index is 495. The van der Waals surface area contributed by atoms with Crippen LogP contribution in [0.1, 0.15) is 28.8 Å². The summed E-state index contributed by atoms with van der Waals surface area (Å²) in [6.07, 6.45) is 0.737. The van der Waals surface area contributed by atoms with Crippen LogP contribution in [-0.4, -0.2) is 28.1 Å². The SMILES string of the molecule is Cc1c(C(=O)NC2CC(O)C2)cccc1[N+](=O)[O-]. The van der Waals surface area contributed by atoms with Gasteiger partial charge in [0, 0.05) is 23.2 Å². The monoisotopic (exact) mass is 250 g/mol. The number of nitro groups is 1. The second kappa shape index (κ2) is 4.73. The Morgan fingerprint density at radius 3 is 2.72 bits per heavy atom. The van der Waals surface area contributed by atoms with Crippen molar-refractivity contribution < 1.29 is 14.8 Å². The lowest BCUT2D eigenvalue weighted by Gasteiger charge is -2.32. The predicted octanol–water partition coefficient (Wildman–Crippen LogP) is 1.16. The summed E-state index contributed by atoms with van der Waals surface area (Å²) in [6, 6.07) is 4.40. The Balaban J connectivity index is 2.15. The van der Waals surface area contributed by atoms with Crippen molar-refractivity contribution in [2.45, 2.75) is 31.9 Å². The zero-order valence-corrected chi connectivity index (χ0v) is 9.92. The molecule has 0 bridgehead atoms. The summed E-state index contributed by atoms with van der Waals surface area (Å²) in [6.45, 7) is 1.56. The Morgan fingerprint density at radius 1 is 1.50 bits per heavy atom. The number of hydrogen-bond donors (Lipinski definition) is 2. The van der Waals surface area contributed by atoms with E-state index in [0.29, 0.717) is 24.0 Å². The van der Waals surface area contributed by atoms with E-state index < -0.39 is 4.92 Å². The summed E-state index contributed by atoms with van der Waals surface area (Å²) < 4.78 is 0. The number of aliphatic hydroxyl groups excluding tert-OH is 1. The Kier molecular flexibility index (Phi) is 3.29. The summed E-state index contributed by atoms with van der Waals surface area (Å²) in [5.74, 6) is -0.326. The van der Waals surface area contributed by atoms with Crippen molar-refractivity contribution in [2.75, 3.05) is 0 Å². The molecule has 0 radical (unpaired) electrons. The smallest absolute Gasteiger partial charge is 0.273 e. The molecule has 1 amide bonds. The lowest BCUT2D eigenvalue weighted by atomic mass is 9.89. The molecule has 1 aliphatic rings. The molecule has 1 aliphatic carbocycles. The fourth-order valence-corrected chi connectivity index (χ4v) is 2.04. The third-order valence-electron chi connectivity index (χ3n) is 3.19. The molecular weight excluding hydrogens is 236 g/mol. The molecule has 0 saturated heterocycles. The van der Waals surface area contributed by atoms with Crippen LogP contribution in [0.15, 0.2) is 18.2 Å². The number of nitro benzene ring substituents is 1. The minimum atomic E-state index is -0.501. The molecule has 1 aromatic carbocycles. The minimum absolute atomic E-state index is 0.0360. The number of benzene rings is 1. The third-order valence-corrected chi connectivity index (χ3v) is 3.19. The van der Waals surface area contributed by atoms with Crippen LogP contribution in [0.3, 0.4) is 0 Å². The normalized spacial score (nSPS) is 22.1. The van der Waals surface area contributed by atoms with Gasteiger partial charge < -0.3 is 10.4 Å². The van der Waals surface area contributed by atoms with Crippen molar-refractivity contribution in [3.63, 3.8) is 0 Å². The highest BCUT2D eigenvalue weighted by atomic mass is 16.6. The fraction of sp³-hybridized carbons (Fsp3) is 0.417. The molecule has 18 heavy (non-hydrogen) atoms. The molecule has 0 aromatic heterocycles. The van der Waals surface area contributed by atoms with Gasteiger partial charge in [0.25, 0.3) is 11.6 Å². The summed E-state index contributed by atoms with van der Waals surface area (Å²) in [5, 5.41) is 22.7. The van der Waals surface area contributed by atoms with E-state index in [1.165, 1.54) is 12.1 Å². The maximum absolute atomic E-state index is 11.9. The maximum Gasteiger partial charge on any atom is 0.273 e. The van der Waals surface area contributed by atoms with Crippen LogP contribution in [0, 0.1) is 17.0 Å². The van der Waals surface area contributed by atoms with Crippen molar-refractivity contribution in [1.29, 1.82) is 0 Å². The van der Waals surface area contributed by atoms with Crippen molar-refractivity contribution in [2.24, 2.45) is 0 Å². The number of amides is 1. The van der Waals surface area contributed by atoms with Crippen molar-refractivity contribution in [3.8, 4) is 0 Å². The van der Waals surface area contributed by atoms with Gasteiger partial charge in [0.2, 0.25) is 0 Å². The van der Waals surface area contributed by atoms with Gasteiger partial charge in [-0.15, -0.1) is 0 Å². The minimum Gasteiger partial charge on any atom is -0.393 e. The van der Waals surface area contributed by atoms with Crippen LogP contribution in [0.5, 0.6) is 0 Å². The average Bonchev–Trinajstić information content (AvgIpc) is 2.26. The quantitative estimate of drug-likeness (QED) is 0.621. The summed E-state index contributed by atoms with van der Waals surface area (Å²) in [7, 11) is 0. The first-order valence-electron chi connectivity index (χ1n) is 5.72. The second-order valence-corrected chi connectivity index (χ2v) is 4.50. The van der Waals surface area contributed by atoms with Gasteiger partial charge in [-0.05, 0) is 25.8 Å². The number of nitrogens with one attached hydrogen (secondary N) is 1. The largest absolute Gasteiger partial charge is 0.393 e. The maximum atomic E-state index is 11.9. The van der Waals surface area contributed by atoms with Gasteiger partial charge in [-0.2, -0.15) is 0 Å². The van der Waals surface area contributed by atoms with Gasteiger partial charge in [0.1, 0.15) is 0 Å². The van der Waals surface area contributed by atoms with Crippen molar-refractivity contribution >= 4 is 11.6 Å². The van der Waals surface area contributed by atoms with Gasteiger partial charge >= 0.3 is 0 Å². The molecule has 0 spiro atoms. The molecule has 96 valence electrons. The summed E-state index contributed by atoms with van der Waals surface area (Å²) in [5.41, 5.74) is 0.613. The molecule has 1 saturated carbocycles. The first kappa shape index (κ1) is 12.5. The zero-order chi connectivity index (χ0) is 13.3. The van der Waals surface area contributed by atoms with E-state index in [9.17, 15) is 14.9 Å². The highest BCUT2D eigenvalue weighted by Gasteiger charge is 2.29. The van der Waals surface area contributed by atoms with E-state index in [1.54, 1.807) is 13.0 Å². The Hall–Kier alpha value is -1.95. The molecule has 0 heterocycles. The molecule has 6 heteroatoms. The van der Waals surface area contributed by atoms with Gasteiger partial charge in [-0.1, -0.05) is 6.07 Å². The topological polar surface area (TPSA) is 92.5 Å².